The highest BCUT2D eigenvalue weighted by Gasteiger charge is 2.10. The monoisotopic (exact) mass is 338 g/mol. The summed E-state index contributed by atoms with van der Waals surface area (Å²) in [5, 5.41) is 12.8. The molecule has 1 fully saturated rings. The maximum atomic E-state index is 9.27. The van der Waals surface area contributed by atoms with E-state index in [0.717, 1.165) is 18.7 Å². The van der Waals surface area contributed by atoms with Gasteiger partial charge in [-0.3, -0.25) is 4.90 Å². The normalized spacial score (nSPS) is 16.7. The molecule has 3 rings (SSSR count). The van der Waals surface area contributed by atoms with Crippen LogP contribution in [0.1, 0.15) is 54.5 Å². The molecule has 1 atom stereocenters. The third-order valence-electron chi connectivity index (χ3n) is 5.12. The number of aliphatic hydroxyl groups excluding tert-OH is 1. The molecule has 0 aromatic heterocycles. The molecule has 3 nitrogen and oxygen atoms in total. The number of nitrogens with zero attached hydrogens (tertiary/aromatic N) is 1. The van der Waals surface area contributed by atoms with Gasteiger partial charge in [-0.2, -0.15) is 0 Å². The van der Waals surface area contributed by atoms with Gasteiger partial charge in [0.2, 0.25) is 0 Å². The molecule has 0 amide bonds. The highest BCUT2D eigenvalue weighted by atomic mass is 16.3. The third kappa shape index (κ3) is 5.40. The number of benzene rings is 2. The Balaban J connectivity index is 1.50. The van der Waals surface area contributed by atoms with Gasteiger partial charge in [-0.15, -0.1) is 0 Å². The Morgan fingerprint density at radius 2 is 1.68 bits per heavy atom. The molecule has 0 bridgehead atoms. The van der Waals surface area contributed by atoms with Gasteiger partial charge < -0.3 is 10.4 Å². The standard InChI is InChI=1S/C22H30N2O/c1-18(22-7-5-6-21(14-22)17-25)23-15-19-8-10-20(11-9-19)16-24-12-3-2-4-13-24/h5-11,14,18,23,25H,2-4,12-13,15-17H2,1H3. The van der Waals surface area contributed by atoms with Gasteiger partial charge in [0.25, 0.3) is 0 Å². The second-order valence-corrected chi connectivity index (χ2v) is 7.16. The molecule has 134 valence electrons. The second-order valence-electron chi connectivity index (χ2n) is 7.16. The van der Waals surface area contributed by atoms with Crippen molar-refractivity contribution in [3.8, 4) is 0 Å². The predicted molar refractivity (Wildman–Crippen MR) is 103 cm³/mol. The van der Waals surface area contributed by atoms with Crippen LogP contribution >= 0.6 is 0 Å². The first kappa shape index (κ1) is 18.1. The lowest BCUT2D eigenvalue weighted by Gasteiger charge is -2.26. The first-order valence-electron chi connectivity index (χ1n) is 9.48. The molecule has 2 N–H and O–H groups in total. The van der Waals surface area contributed by atoms with Crippen molar-refractivity contribution in [3.63, 3.8) is 0 Å². The summed E-state index contributed by atoms with van der Waals surface area (Å²) in [5.41, 5.74) is 4.91. The van der Waals surface area contributed by atoms with Crippen LogP contribution in [0.3, 0.4) is 0 Å². The molecular formula is C22H30N2O. The van der Waals surface area contributed by atoms with E-state index in [-0.39, 0.29) is 12.6 Å². The summed E-state index contributed by atoms with van der Waals surface area (Å²) in [4.78, 5) is 2.56. The summed E-state index contributed by atoms with van der Waals surface area (Å²) in [6.07, 6.45) is 4.08. The van der Waals surface area contributed by atoms with Crippen molar-refractivity contribution in [1.29, 1.82) is 0 Å². The summed E-state index contributed by atoms with van der Waals surface area (Å²) in [5.74, 6) is 0. The van der Waals surface area contributed by atoms with E-state index in [4.69, 9.17) is 0 Å². The number of piperidine rings is 1. The Morgan fingerprint density at radius 1 is 0.960 bits per heavy atom. The zero-order valence-corrected chi connectivity index (χ0v) is 15.2. The molecule has 0 radical (unpaired) electrons. The lowest BCUT2D eigenvalue weighted by molar-refractivity contribution is 0.221. The number of aliphatic hydroxyl groups is 1. The second kappa shape index (κ2) is 9.14. The van der Waals surface area contributed by atoms with E-state index in [9.17, 15) is 5.11 Å². The number of nitrogens with one attached hydrogen (secondary N) is 1. The number of hydrogen-bond donors (Lipinski definition) is 2. The topological polar surface area (TPSA) is 35.5 Å². The molecule has 3 heteroatoms. The molecule has 1 aliphatic rings. The van der Waals surface area contributed by atoms with Gasteiger partial charge in [-0.1, -0.05) is 55.0 Å². The first-order valence-corrected chi connectivity index (χ1v) is 9.48. The van der Waals surface area contributed by atoms with Gasteiger partial charge in [0.05, 0.1) is 6.61 Å². The molecular weight excluding hydrogens is 308 g/mol. The molecule has 0 aliphatic carbocycles. The van der Waals surface area contributed by atoms with Gasteiger partial charge in [0.1, 0.15) is 0 Å². The number of rotatable bonds is 7. The SMILES string of the molecule is CC(NCc1ccc(CN2CCCCC2)cc1)c1cccc(CO)c1. The third-order valence-corrected chi connectivity index (χ3v) is 5.12. The smallest absolute Gasteiger partial charge is 0.0681 e. The van der Waals surface area contributed by atoms with Gasteiger partial charge in [-0.25, -0.2) is 0 Å². The summed E-state index contributed by atoms with van der Waals surface area (Å²) in [7, 11) is 0. The van der Waals surface area contributed by atoms with E-state index in [0.29, 0.717) is 0 Å². The molecule has 1 aliphatic heterocycles. The maximum absolute atomic E-state index is 9.27. The van der Waals surface area contributed by atoms with E-state index in [1.165, 1.54) is 49.0 Å². The fraction of sp³-hybridized carbons (Fsp3) is 0.455. The quantitative estimate of drug-likeness (QED) is 0.800. The minimum absolute atomic E-state index is 0.0963. The summed E-state index contributed by atoms with van der Waals surface area (Å²) < 4.78 is 0. The average Bonchev–Trinajstić information content (AvgIpc) is 2.68. The molecule has 1 heterocycles. The van der Waals surface area contributed by atoms with E-state index in [1.807, 2.05) is 12.1 Å². The van der Waals surface area contributed by atoms with E-state index in [2.05, 4.69) is 53.5 Å². The minimum atomic E-state index is 0.0963. The van der Waals surface area contributed by atoms with Gasteiger partial charge >= 0.3 is 0 Å². The molecule has 1 unspecified atom stereocenters. The highest BCUT2D eigenvalue weighted by molar-refractivity contribution is 5.26. The van der Waals surface area contributed by atoms with Crippen molar-refractivity contribution < 1.29 is 5.11 Å². The van der Waals surface area contributed by atoms with Crippen molar-refractivity contribution in [2.24, 2.45) is 0 Å². The fourth-order valence-electron chi connectivity index (χ4n) is 3.49. The molecule has 0 saturated carbocycles. The largest absolute Gasteiger partial charge is 0.392 e. The van der Waals surface area contributed by atoms with E-state index < -0.39 is 0 Å². The fourth-order valence-corrected chi connectivity index (χ4v) is 3.49. The van der Waals surface area contributed by atoms with Gasteiger partial charge in [0.15, 0.2) is 0 Å². The van der Waals surface area contributed by atoms with Crippen LogP contribution in [0.4, 0.5) is 0 Å². The number of hydrogen-bond acceptors (Lipinski definition) is 3. The Morgan fingerprint density at radius 3 is 2.40 bits per heavy atom. The Hall–Kier alpha value is -1.68. The van der Waals surface area contributed by atoms with Crippen LogP contribution in [0, 0.1) is 0 Å². The average molecular weight is 338 g/mol. The van der Waals surface area contributed by atoms with Crippen molar-refractivity contribution in [3.05, 3.63) is 70.8 Å². The van der Waals surface area contributed by atoms with E-state index in [1.54, 1.807) is 0 Å². The van der Waals surface area contributed by atoms with Crippen molar-refractivity contribution in [2.45, 2.75) is 51.9 Å². The van der Waals surface area contributed by atoms with Crippen LogP contribution in [-0.2, 0) is 19.7 Å². The molecule has 2 aromatic carbocycles. The Labute approximate surface area is 151 Å². The zero-order chi connectivity index (χ0) is 17.5. The summed E-state index contributed by atoms with van der Waals surface area (Å²) >= 11 is 0. The summed E-state index contributed by atoms with van der Waals surface area (Å²) in [6, 6.07) is 17.4. The van der Waals surface area contributed by atoms with Crippen LogP contribution in [0.25, 0.3) is 0 Å². The maximum Gasteiger partial charge on any atom is 0.0681 e. The zero-order valence-electron chi connectivity index (χ0n) is 15.2. The van der Waals surface area contributed by atoms with Crippen LogP contribution in [0.15, 0.2) is 48.5 Å². The Bertz CT molecular complexity index is 647. The van der Waals surface area contributed by atoms with Crippen molar-refractivity contribution in [1.82, 2.24) is 10.2 Å². The lowest BCUT2D eigenvalue weighted by Crippen LogP contribution is -2.29. The molecule has 0 spiro atoms. The van der Waals surface area contributed by atoms with E-state index >= 15 is 0 Å². The predicted octanol–water partition coefficient (Wildman–Crippen LogP) is 4.02. The van der Waals surface area contributed by atoms with Crippen LogP contribution < -0.4 is 5.32 Å². The highest BCUT2D eigenvalue weighted by Crippen LogP contribution is 2.16. The van der Waals surface area contributed by atoms with Crippen LogP contribution in [-0.4, -0.2) is 23.1 Å². The van der Waals surface area contributed by atoms with Crippen LogP contribution in [0.2, 0.25) is 0 Å². The van der Waals surface area contributed by atoms with Crippen molar-refractivity contribution in [2.75, 3.05) is 13.1 Å². The van der Waals surface area contributed by atoms with Crippen LogP contribution in [0.5, 0.6) is 0 Å². The first-order chi connectivity index (χ1) is 12.2. The Kier molecular flexibility index (Phi) is 6.62. The lowest BCUT2D eigenvalue weighted by atomic mass is 10.0. The van der Waals surface area contributed by atoms with Crippen molar-refractivity contribution >= 4 is 0 Å². The van der Waals surface area contributed by atoms with Gasteiger partial charge in [-0.05, 0) is 55.1 Å². The summed E-state index contributed by atoms with van der Waals surface area (Å²) in [6.45, 7) is 6.69. The molecule has 2 aromatic rings. The molecule has 1 saturated heterocycles. The minimum Gasteiger partial charge on any atom is -0.392 e. The van der Waals surface area contributed by atoms with Gasteiger partial charge in [0, 0.05) is 19.1 Å². The number of likely N-dealkylation sites (tertiary alicyclic amines) is 1. The molecule has 25 heavy (non-hydrogen) atoms.